The summed E-state index contributed by atoms with van der Waals surface area (Å²) in [6, 6.07) is 4.49. The lowest BCUT2D eigenvalue weighted by Crippen LogP contribution is -2.35. The number of nitrogens with one attached hydrogen (secondary N) is 2. The fourth-order valence-corrected chi connectivity index (χ4v) is 2.29. The summed E-state index contributed by atoms with van der Waals surface area (Å²) in [6.07, 6.45) is 1.27. The van der Waals surface area contributed by atoms with Gasteiger partial charge in [0.05, 0.1) is 0 Å². The zero-order valence-electron chi connectivity index (χ0n) is 11.7. The average Bonchev–Trinajstić information content (AvgIpc) is 2.82. The van der Waals surface area contributed by atoms with Crippen LogP contribution in [-0.4, -0.2) is 28.6 Å². The van der Waals surface area contributed by atoms with Crippen LogP contribution >= 0.6 is 0 Å². The quantitative estimate of drug-likeness (QED) is 0.786. The second-order valence-corrected chi connectivity index (χ2v) is 4.96. The van der Waals surface area contributed by atoms with Crippen LogP contribution in [0.1, 0.15) is 35.8 Å². The molecule has 0 radical (unpaired) electrons. The van der Waals surface area contributed by atoms with Gasteiger partial charge in [0.1, 0.15) is 11.5 Å². The van der Waals surface area contributed by atoms with E-state index in [1.807, 2.05) is 13.8 Å². The van der Waals surface area contributed by atoms with Gasteiger partial charge >= 0.3 is 0 Å². The van der Waals surface area contributed by atoms with Gasteiger partial charge in [0.2, 0.25) is 0 Å². The lowest BCUT2D eigenvalue weighted by Gasteiger charge is -2.14. The molecular weight excluding hydrogens is 259 g/mol. The van der Waals surface area contributed by atoms with Gasteiger partial charge in [-0.3, -0.25) is 4.79 Å². The second-order valence-electron chi connectivity index (χ2n) is 4.96. The van der Waals surface area contributed by atoms with Gasteiger partial charge in [0.15, 0.2) is 0 Å². The maximum Gasteiger partial charge on any atom is 0.267 e. The molecule has 4 nitrogen and oxygen atoms in total. The summed E-state index contributed by atoms with van der Waals surface area (Å²) in [7, 11) is 0. The lowest BCUT2D eigenvalue weighted by atomic mass is 10.1. The first kappa shape index (κ1) is 14.5. The molecule has 0 spiro atoms. The third-order valence-corrected chi connectivity index (χ3v) is 3.46. The number of carbonyl (C=O) groups excluding carboxylic acids is 1. The molecule has 1 aromatic heterocycles. The van der Waals surface area contributed by atoms with Crippen molar-refractivity contribution in [2.24, 2.45) is 0 Å². The Hall–Kier alpha value is -1.88. The van der Waals surface area contributed by atoms with Gasteiger partial charge in [0.25, 0.3) is 5.91 Å². The molecule has 20 heavy (non-hydrogen) atoms. The first-order valence-electron chi connectivity index (χ1n) is 6.75. The zero-order chi connectivity index (χ0) is 14.7. The molecule has 0 fully saturated rings. The first-order valence-corrected chi connectivity index (χ1v) is 6.75. The van der Waals surface area contributed by atoms with Crippen LogP contribution in [0.25, 0.3) is 10.9 Å². The molecule has 108 valence electrons. The Kier molecular flexibility index (Phi) is 4.39. The maximum absolute atomic E-state index is 13.3. The molecule has 5 heteroatoms. The molecule has 1 unspecified atom stereocenters. The normalized spacial score (nSPS) is 12.6. The predicted molar refractivity (Wildman–Crippen MR) is 76.2 cm³/mol. The highest BCUT2D eigenvalue weighted by Crippen LogP contribution is 2.21. The van der Waals surface area contributed by atoms with E-state index >= 15 is 0 Å². The Bertz CT molecular complexity index is 622. The van der Waals surface area contributed by atoms with Gasteiger partial charge in [-0.1, -0.05) is 6.92 Å². The number of hydrogen-bond acceptors (Lipinski definition) is 2. The minimum absolute atomic E-state index is 0.0375. The fraction of sp³-hybridized carbons (Fsp3) is 0.400. The molecule has 0 saturated carbocycles. The Morgan fingerprint density at radius 1 is 1.45 bits per heavy atom. The van der Waals surface area contributed by atoms with Crippen LogP contribution in [0.3, 0.4) is 0 Å². The number of aliphatic hydroxyl groups is 1. The number of hydrogen-bond donors (Lipinski definition) is 3. The minimum Gasteiger partial charge on any atom is -0.396 e. The van der Waals surface area contributed by atoms with Crippen LogP contribution in [-0.2, 0) is 0 Å². The van der Waals surface area contributed by atoms with Crippen molar-refractivity contribution in [3.63, 3.8) is 0 Å². The van der Waals surface area contributed by atoms with Gasteiger partial charge in [0, 0.05) is 23.6 Å². The maximum atomic E-state index is 13.3. The van der Waals surface area contributed by atoms with Crippen molar-refractivity contribution in [2.75, 3.05) is 6.61 Å². The number of amides is 1. The van der Waals surface area contributed by atoms with Gasteiger partial charge in [-0.2, -0.15) is 0 Å². The van der Waals surface area contributed by atoms with E-state index in [0.717, 1.165) is 17.4 Å². The summed E-state index contributed by atoms with van der Waals surface area (Å²) in [5, 5.41) is 12.6. The molecule has 0 aliphatic rings. The van der Waals surface area contributed by atoms with E-state index < -0.39 is 0 Å². The summed E-state index contributed by atoms with van der Waals surface area (Å²) in [6.45, 7) is 3.79. The van der Waals surface area contributed by atoms with Crippen molar-refractivity contribution in [1.82, 2.24) is 10.3 Å². The highest BCUT2D eigenvalue weighted by atomic mass is 19.1. The van der Waals surface area contributed by atoms with Crippen molar-refractivity contribution in [3.8, 4) is 0 Å². The molecule has 0 bridgehead atoms. The Morgan fingerprint density at radius 2 is 2.20 bits per heavy atom. The van der Waals surface area contributed by atoms with E-state index in [4.69, 9.17) is 5.11 Å². The number of aromatic nitrogens is 1. The number of aromatic amines is 1. The molecule has 0 saturated heterocycles. The summed E-state index contributed by atoms with van der Waals surface area (Å²) in [4.78, 5) is 15.1. The molecule has 1 heterocycles. The monoisotopic (exact) mass is 278 g/mol. The highest BCUT2D eigenvalue weighted by molar-refractivity contribution is 5.98. The molecule has 2 rings (SSSR count). The second kappa shape index (κ2) is 6.05. The first-order chi connectivity index (χ1) is 9.55. The molecular formula is C15H19FN2O2. The third-order valence-electron chi connectivity index (χ3n) is 3.46. The zero-order valence-corrected chi connectivity index (χ0v) is 11.7. The van der Waals surface area contributed by atoms with Crippen LogP contribution in [0.5, 0.6) is 0 Å². The number of aryl methyl sites for hydroxylation is 1. The summed E-state index contributed by atoms with van der Waals surface area (Å²) in [5.41, 5.74) is 1.81. The summed E-state index contributed by atoms with van der Waals surface area (Å²) < 4.78 is 13.3. The van der Waals surface area contributed by atoms with Crippen LogP contribution in [0.4, 0.5) is 4.39 Å². The van der Waals surface area contributed by atoms with E-state index in [1.54, 1.807) is 6.07 Å². The van der Waals surface area contributed by atoms with E-state index in [9.17, 15) is 9.18 Å². The van der Waals surface area contributed by atoms with Crippen molar-refractivity contribution >= 4 is 16.8 Å². The van der Waals surface area contributed by atoms with Gasteiger partial charge in [-0.25, -0.2) is 4.39 Å². The van der Waals surface area contributed by atoms with Crippen molar-refractivity contribution in [2.45, 2.75) is 32.7 Å². The molecule has 1 amide bonds. The predicted octanol–water partition coefficient (Wildman–Crippen LogP) is 2.51. The molecule has 0 aliphatic carbocycles. The number of halogens is 1. The largest absolute Gasteiger partial charge is 0.396 e. The van der Waals surface area contributed by atoms with E-state index in [1.165, 1.54) is 12.1 Å². The van der Waals surface area contributed by atoms with Crippen LogP contribution in [0.15, 0.2) is 18.2 Å². The highest BCUT2D eigenvalue weighted by Gasteiger charge is 2.15. The van der Waals surface area contributed by atoms with Crippen molar-refractivity contribution in [3.05, 3.63) is 35.3 Å². The fourth-order valence-electron chi connectivity index (χ4n) is 2.29. The van der Waals surface area contributed by atoms with E-state index in [2.05, 4.69) is 10.3 Å². The lowest BCUT2D eigenvalue weighted by molar-refractivity contribution is 0.0925. The molecule has 3 N–H and O–H groups in total. The number of benzene rings is 1. The number of rotatable bonds is 5. The number of fused-ring (bicyclic) bond motifs is 1. The third kappa shape index (κ3) is 2.99. The Labute approximate surface area is 117 Å². The van der Waals surface area contributed by atoms with Crippen LogP contribution < -0.4 is 5.32 Å². The molecule has 1 aromatic carbocycles. The van der Waals surface area contributed by atoms with Crippen LogP contribution in [0.2, 0.25) is 0 Å². The topological polar surface area (TPSA) is 65.1 Å². The van der Waals surface area contributed by atoms with Gasteiger partial charge in [-0.15, -0.1) is 0 Å². The molecule has 0 aliphatic heterocycles. The van der Waals surface area contributed by atoms with Gasteiger partial charge < -0.3 is 15.4 Å². The summed E-state index contributed by atoms with van der Waals surface area (Å²) in [5.74, 6) is -0.558. The summed E-state index contributed by atoms with van der Waals surface area (Å²) >= 11 is 0. The van der Waals surface area contributed by atoms with Gasteiger partial charge in [-0.05, 0) is 43.5 Å². The standard InChI is InChI=1S/C15H19FN2O2/c1-3-11(4-5-19)17-15(20)14-8-12-9(2)6-10(16)7-13(12)18-14/h6-8,11,18-19H,3-5H2,1-2H3,(H,17,20). The van der Waals surface area contributed by atoms with Crippen molar-refractivity contribution in [1.29, 1.82) is 0 Å². The minimum atomic E-state index is -0.324. The van der Waals surface area contributed by atoms with Crippen LogP contribution in [0, 0.1) is 12.7 Å². The van der Waals surface area contributed by atoms with Crippen molar-refractivity contribution < 1.29 is 14.3 Å². The number of carbonyl (C=O) groups is 1. The Morgan fingerprint density at radius 3 is 2.85 bits per heavy atom. The van der Waals surface area contributed by atoms with E-state index in [0.29, 0.717) is 17.6 Å². The number of aliphatic hydroxyl groups excluding tert-OH is 1. The SMILES string of the molecule is CCC(CCO)NC(=O)c1cc2c(C)cc(F)cc2[nH]1. The molecule has 1 atom stereocenters. The van der Waals surface area contributed by atoms with E-state index in [-0.39, 0.29) is 24.4 Å². The Balaban J connectivity index is 2.24. The average molecular weight is 278 g/mol. The smallest absolute Gasteiger partial charge is 0.267 e. The molecule has 2 aromatic rings. The number of H-pyrrole nitrogens is 1.